The fourth-order valence-electron chi connectivity index (χ4n) is 2.72. The second-order valence-corrected chi connectivity index (χ2v) is 5.14. The number of fused-ring (bicyclic) bond motifs is 1. The molecule has 86 valence electrons. The van der Waals surface area contributed by atoms with Crippen LogP contribution in [0.25, 0.3) is 0 Å². The summed E-state index contributed by atoms with van der Waals surface area (Å²) in [7, 11) is 1.93. The number of carbonyl (C=O) groups excluding carboxylic acids is 1. The van der Waals surface area contributed by atoms with Gasteiger partial charge in [-0.15, -0.1) is 0 Å². The van der Waals surface area contributed by atoms with E-state index in [1.807, 2.05) is 11.9 Å². The van der Waals surface area contributed by atoms with E-state index in [4.69, 9.17) is 0 Å². The molecule has 0 spiro atoms. The van der Waals surface area contributed by atoms with Gasteiger partial charge >= 0.3 is 0 Å². The first-order chi connectivity index (χ1) is 7.18. The average Bonchev–Trinajstić information content (AvgIpc) is 2.20. The number of rotatable bonds is 0. The second kappa shape index (κ2) is 4.52. The predicted octanol–water partition coefficient (Wildman–Crippen LogP) is 1.34. The average molecular weight is 210 g/mol. The molecule has 2 unspecified atom stereocenters. The number of nitrogens with zero attached hydrogens (tertiary/aromatic N) is 2. The van der Waals surface area contributed by atoms with Crippen LogP contribution < -0.4 is 0 Å². The van der Waals surface area contributed by atoms with Crippen LogP contribution >= 0.6 is 0 Å². The van der Waals surface area contributed by atoms with Crippen LogP contribution in [0.2, 0.25) is 0 Å². The Morgan fingerprint density at radius 3 is 2.73 bits per heavy atom. The highest BCUT2D eigenvalue weighted by Gasteiger charge is 2.33. The van der Waals surface area contributed by atoms with E-state index in [1.54, 1.807) is 0 Å². The summed E-state index contributed by atoms with van der Waals surface area (Å²) in [4.78, 5) is 16.3. The summed E-state index contributed by atoms with van der Waals surface area (Å²) >= 11 is 0. The molecular formula is C12H22N2O. The van der Waals surface area contributed by atoms with Gasteiger partial charge in [-0.3, -0.25) is 9.69 Å². The Morgan fingerprint density at radius 1 is 1.13 bits per heavy atom. The Morgan fingerprint density at radius 2 is 1.93 bits per heavy atom. The van der Waals surface area contributed by atoms with Crippen LogP contribution in [0, 0.1) is 5.92 Å². The minimum atomic E-state index is 0.191. The molecule has 2 atom stereocenters. The normalized spacial score (nSPS) is 34.5. The predicted molar refractivity (Wildman–Crippen MR) is 60.6 cm³/mol. The summed E-state index contributed by atoms with van der Waals surface area (Å²) < 4.78 is 0. The molecule has 3 heteroatoms. The standard InChI is InChI=1S/C12H22N2O/c1-10-4-3-5-11-12(15)13(2)8-9-14(11)7-6-10/h10-11H,3-9H2,1-2H3. The monoisotopic (exact) mass is 210 g/mol. The van der Waals surface area contributed by atoms with Crippen molar-refractivity contribution < 1.29 is 4.79 Å². The first-order valence-electron chi connectivity index (χ1n) is 6.17. The van der Waals surface area contributed by atoms with Crippen LogP contribution in [0.15, 0.2) is 0 Å². The van der Waals surface area contributed by atoms with Gasteiger partial charge in [0.25, 0.3) is 0 Å². The van der Waals surface area contributed by atoms with Crippen LogP contribution in [-0.4, -0.2) is 48.4 Å². The Labute approximate surface area is 92.4 Å². The fraction of sp³-hybridized carbons (Fsp3) is 0.917. The van der Waals surface area contributed by atoms with Crippen molar-refractivity contribution in [3.05, 3.63) is 0 Å². The van der Waals surface area contributed by atoms with E-state index in [-0.39, 0.29) is 6.04 Å². The third kappa shape index (κ3) is 2.33. The van der Waals surface area contributed by atoms with Crippen molar-refractivity contribution in [1.82, 2.24) is 9.80 Å². The maximum absolute atomic E-state index is 12.0. The van der Waals surface area contributed by atoms with Crippen molar-refractivity contribution >= 4 is 5.91 Å². The molecule has 0 bridgehead atoms. The van der Waals surface area contributed by atoms with E-state index in [1.165, 1.54) is 19.3 Å². The summed E-state index contributed by atoms with van der Waals surface area (Å²) in [5.41, 5.74) is 0. The Balaban J connectivity index is 2.03. The number of piperazine rings is 1. The van der Waals surface area contributed by atoms with Gasteiger partial charge in [0.05, 0.1) is 6.04 Å². The van der Waals surface area contributed by atoms with Crippen molar-refractivity contribution in [2.45, 2.75) is 38.6 Å². The van der Waals surface area contributed by atoms with Gasteiger partial charge in [0.1, 0.15) is 0 Å². The van der Waals surface area contributed by atoms with Gasteiger partial charge in [0.15, 0.2) is 0 Å². The minimum absolute atomic E-state index is 0.191. The molecule has 0 saturated carbocycles. The molecule has 2 aliphatic heterocycles. The first-order valence-corrected chi connectivity index (χ1v) is 6.17. The van der Waals surface area contributed by atoms with E-state index in [0.29, 0.717) is 5.91 Å². The summed E-state index contributed by atoms with van der Waals surface area (Å²) in [6.45, 7) is 5.42. The Bertz CT molecular complexity index is 242. The van der Waals surface area contributed by atoms with Gasteiger partial charge in [-0.1, -0.05) is 19.8 Å². The largest absolute Gasteiger partial charge is 0.343 e. The molecule has 1 amide bonds. The third-order valence-corrected chi connectivity index (χ3v) is 3.91. The zero-order valence-electron chi connectivity index (χ0n) is 9.91. The van der Waals surface area contributed by atoms with Crippen molar-refractivity contribution in [2.24, 2.45) is 5.92 Å². The van der Waals surface area contributed by atoms with Crippen molar-refractivity contribution in [3.63, 3.8) is 0 Å². The lowest BCUT2D eigenvalue weighted by Crippen LogP contribution is -2.56. The lowest BCUT2D eigenvalue weighted by Gasteiger charge is -2.40. The van der Waals surface area contributed by atoms with E-state index in [2.05, 4.69) is 11.8 Å². The zero-order valence-corrected chi connectivity index (χ0v) is 9.91. The summed E-state index contributed by atoms with van der Waals surface area (Å²) in [6.07, 6.45) is 4.82. The molecule has 0 aromatic heterocycles. The van der Waals surface area contributed by atoms with Gasteiger partial charge < -0.3 is 4.90 Å². The maximum Gasteiger partial charge on any atom is 0.239 e. The Kier molecular flexibility index (Phi) is 3.29. The molecule has 2 fully saturated rings. The van der Waals surface area contributed by atoms with Gasteiger partial charge in [-0.25, -0.2) is 0 Å². The number of carbonyl (C=O) groups is 1. The van der Waals surface area contributed by atoms with Crippen LogP contribution in [0.3, 0.4) is 0 Å². The quantitative estimate of drug-likeness (QED) is 0.602. The lowest BCUT2D eigenvalue weighted by atomic mass is 9.93. The first kappa shape index (κ1) is 10.9. The molecular weight excluding hydrogens is 188 g/mol. The van der Waals surface area contributed by atoms with E-state index < -0.39 is 0 Å². The van der Waals surface area contributed by atoms with Gasteiger partial charge in [-0.2, -0.15) is 0 Å². The number of hydrogen-bond acceptors (Lipinski definition) is 2. The summed E-state index contributed by atoms with van der Waals surface area (Å²) in [5.74, 6) is 1.18. The number of likely N-dealkylation sites (N-methyl/N-ethyl adjacent to an activating group) is 1. The van der Waals surface area contributed by atoms with Crippen LogP contribution in [-0.2, 0) is 4.79 Å². The van der Waals surface area contributed by atoms with Crippen molar-refractivity contribution in [1.29, 1.82) is 0 Å². The molecule has 2 aliphatic rings. The maximum atomic E-state index is 12.0. The Hall–Kier alpha value is -0.570. The third-order valence-electron chi connectivity index (χ3n) is 3.91. The van der Waals surface area contributed by atoms with Crippen molar-refractivity contribution in [3.8, 4) is 0 Å². The van der Waals surface area contributed by atoms with Crippen molar-refractivity contribution in [2.75, 3.05) is 26.7 Å². The smallest absolute Gasteiger partial charge is 0.239 e. The lowest BCUT2D eigenvalue weighted by molar-refractivity contribution is -0.141. The van der Waals surface area contributed by atoms with Gasteiger partial charge in [0.2, 0.25) is 5.91 Å². The van der Waals surface area contributed by atoms with Crippen LogP contribution in [0.4, 0.5) is 0 Å². The molecule has 0 N–H and O–H groups in total. The molecule has 2 saturated heterocycles. The second-order valence-electron chi connectivity index (χ2n) is 5.14. The summed E-state index contributed by atoms with van der Waals surface area (Å²) in [6, 6.07) is 0.191. The molecule has 0 aliphatic carbocycles. The number of hydrogen-bond donors (Lipinski definition) is 0. The molecule has 2 heterocycles. The molecule has 2 rings (SSSR count). The SMILES string of the molecule is CC1CCCC2C(=O)N(C)CCN2CC1. The summed E-state index contributed by atoms with van der Waals surface area (Å²) in [5, 5.41) is 0. The molecule has 0 aromatic rings. The van der Waals surface area contributed by atoms with Crippen LogP contribution in [0.5, 0.6) is 0 Å². The topological polar surface area (TPSA) is 23.6 Å². The fourth-order valence-corrected chi connectivity index (χ4v) is 2.72. The van der Waals surface area contributed by atoms with E-state index in [0.717, 1.165) is 32.0 Å². The zero-order chi connectivity index (χ0) is 10.8. The van der Waals surface area contributed by atoms with Crippen LogP contribution in [0.1, 0.15) is 32.6 Å². The van der Waals surface area contributed by atoms with Gasteiger partial charge in [-0.05, 0) is 25.3 Å². The molecule has 3 nitrogen and oxygen atoms in total. The van der Waals surface area contributed by atoms with E-state index >= 15 is 0 Å². The van der Waals surface area contributed by atoms with E-state index in [9.17, 15) is 4.79 Å². The highest BCUT2D eigenvalue weighted by atomic mass is 16.2. The number of amides is 1. The molecule has 0 aromatic carbocycles. The molecule has 15 heavy (non-hydrogen) atoms. The highest BCUT2D eigenvalue weighted by Crippen LogP contribution is 2.23. The minimum Gasteiger partial charge on any atom is -0.343 e. The van der Waals surface area contributed by atoms with Gasteiger partial charge in [0, 0.05) is 20.1 Å². The highest BCUT2D eigenvalue weighted by molar-refractivity contribution is 5.82. The molecule has 0 radical (unpaired) electrons.